The van der Waals surface area contributed by atoms with Gasteiger partial charge < -0.3 is 4.74 Å². The lowest BCUT2D eigenvalue weighted by Crippen LogP contribution is -2.13. The van der Waals surface area contributed by atoms with Crippen LogP contribution in [0.15, 0.2) is 77.3 Å². The first kappa shape index (κ1) is 25.2. The van der Waals surface area contributed by atoms with Crippen molar-refractivity contribution in [2.75, 3.05) is 0 Å². The van der Waals surface area contributed by atoms with E-state index in [1.165, 1.54) is 0 Å². The average Bonchev–Trinajstić information content (AvgIpc) is 2.73. The summed E-state index contributed by atoms with van der Waals surface area (Å²) in [6, 6.07) is 15.9. The van der Waals surface area contributed by atoms with Crippen LogP contribution in [0.25, 0.3) is 0 Å². The number of rotatable bonds is 9. The third-order valence-electron chi connectivity index (χ3n) is 4.34. The summed E-state index contributed by atoms with van der Waals surface area (Å²) in [5.74, 6) is 0.827. The molecule has 0 aliphatic heterocycles. The zero-order chi connectivity index (χ0) is 21.6. The van der Waals surface area contributed by atoms with Gasteiger partial charge in [-0.15, -0.1) is 0 Å². The van der Waals surface area contributed by atoms with Gasteiger partial charge in [-0.2, -0.15) is 0 Å². The first-order valence-corrected chi connectivity index (χ1v) is 11.1. The van der Waals surface area contributed by atoms with Gasteiger partial charge in [-0.3, -0.25) is 4.79 Å². The second-order valence-electron chi connectivity index (χ2n) is 6.39. The fraction of sp³-hybridized carbons (Fsp3) is 0.320. The van der Waals surface area contributed by atoms with Crippen molar-refractivity contribution in [3.05, 3.63) is 88.4 Å². The normalized spacial score (nSPS) is 13.0. The van der Waals surface area contributed by atoms with Gasteiger partial charge in [0, 0.05) is 16.8 Å². The maximum atomic E-state index is 11.7. The molecular weight excluding hydrogens is 448 g/mol. The Morgan fingerprint density at radius 3 is 2.45 bits per heavy atom. The molecule has 0 aromatic heterocycles. The van der Waals surface area contributed by atoms with E-state index in [0.717, 1.165) is 21.3 Å². The third-order valence-corrected chi connectivity index (χ3v) is 4.99. The minimum Gasteiger partial charge on any atom is -0.489 e. The smallest absolute Gasteiger partial charge is 0.222 e. The molecule has 0 amide bonds. The van der Waals surface area contributed by atoms with E-state index in [1.54, 1.807) is 0 Å². The Hall–Kier alpha value is -1.84. The number of hydrogen-bond acceptors (Lipinski definition) is 2. The van der Waals surface area contributed by atoms with Gasteiger partial charge in [0.1, 0.15) is 12.4 Å². The molecular formula is C25H30BrClO2. The van der Waals surface area contributed by atoms with Gasteiger partial charge in [0.2, 0.25) is 5.24 Å². The predicted molar refractivity (Wildman–Crippen MR) is 128 cm³/mol. The molecule has 0 radical (unpaired) electrons. The first-order chi connectivity index (χ1) is 14.0. The van der Waals surface area contributed by atoms with Gasteiger partial charge >= 0.3 is 0 Å². The summed E-state index contributed by atoms with van der Waals surface area (Å²) in [6.07, 6.45) is 8.29. The van der Waals surface area contributed by atoms with E-state index in [2.05, 4.69) is 28.9 Å². The molecule has 2 nitrogen and oxygen atoms in total. The van der Waals surface area contributed by atoms with E-state index in [4.69, 9.17) is 16.3 Å². The van der Waals surface area contributed by atoms with Crippen LogP contribution in [-0.4, -0.2) is 5.24 Å². The quantitative estimate of drug-likeness (QED) is 0.269. The van der Waals surface area contributed by atoms with Crippen molar-refractivity contribution in [1.29, 1.82) is 0 Å². The Morgan fingerprint density at radius 2 is 1.83 bits per heavy atom. The second-order valence-corrected chi connectivity index (χ2v) is 7.73. The minimum atomic E-state index is -0.347. The molecule has 0 saturated heterocycles. The summed E-state index contributed by atoms with van der Waals surface area (Å²) in [4.78, 5) is 11.7. The van der Waals surface area contributed by atoms with Crippen LogP contribution in [0, 0.1) is 5.92 Å². The monoisotopic (exact) mass is 476 g/mol. The summed E-state index contributed by atoms with van der Waals surface area (Å²) in [7, 11) is 0. The molecule has 0 aliphatic carbocycles. The highest BCUT2D eigenvalue weighted by Gasteiger charge is 2.24. The van der Waals surface area contributed by atoms with Crippen molar-refractivity contribution in [3.8, 4) is 5.75 Å². The maximum Gasteiger partial charge on any atom is 0.222 e. The molecule has 0 spiro atoms. The molecule has 2 aromatic carbocycles. The van der Waals surface area contributed by atoms with E-state index in [-0.39, 0.29) is 23.5 Å². The van der Waals surface area contributed by atoms with Crippen LogP contribution in [0.2, 0.25) is 0 Å². The molecule has 2 unspecified atom stereocenters. The highest BCUT2D eigenvalue weighted by Crippen LogP contribution is 2.38. The molecule has 4 heteroatoms. The van der Waals surface area contributed by atoms with Crippen LogP contribution in [0.5, 0.6) is 5.75 Å². The number of halogens is 2. The van der Waals surface area contributed by atoms with E-state index in [9.17, 15) is 4.79 Å². The number of hydrogen-bond donors (Lipinski definition) is 0. The standard InChI is InChI=1S/C23H24BrClO2.C2H6/c1-3-4-6-9-17(2)20(15-23(25)26)21-14-19(24)12-13-22(21)27-16-18-10-7-5-8-11-18;1-2/h3-14,17,20H,15-16H2,1-2H3;1-2H3/b4-3-,9-6-;. The minimum absolute atomic E-state index is 0.0696. The molecule has 0 aliphatic rings. The number of carbonyl (C=O) groups excluding carboxylic acids is 1. The van der Waals surface area contributed by atoms with E-state index < -0.39 is 0 Å². The van der Waals surface area contributed by atoms with Crippen LogP contribution >= 0.6 is 27.5 Å². The number of ether oxygens (including phenoxy) is 1. The van der Waals surface area contributed by atoms with Gasteiger partial charge in [0.15, 0.2) is 0 Å². The van der Waals surface area contributed by atoms with Crippen molar-refractivity contribution < 1.29 is 9.53 Å². The Morgan fingerprint density at radius 1 is 1.14 bits per heavy atom. The van der Waals surface area contributed by atoms with Crippen molar-refractivity contribution in [3.63, 3.8) is 0 Å². The Labute approximate surface area is 188 Å². The lowest BCUT2D eigenvalue weighted by Gasteiger charge is -2.24. The predicted octanol–water partition coefficient (Wildman–Crippen LogP) is 8.06. The number of benzene rings is 2. The van der Waals surface area contributed by atoms with Crippen molar-refractivity contribution in [2.45, 2.75) is 46.6 Å². The lowest BCUT2D eigenvalue weighted by atomic mass is 9.84. The zero-order valence-electron chi connectivity index (χ0n) is 17.6. The highest BCUT2D eigenvalue weighted by molar-refractivity contribution is 9.10. The van der Waals surface area contributed by atoms with Crippen LogP contribution < -0.4 is 4.74 Å². The molecule has 156 valence electrons. The molecule has 0 heterocycles. The maximum absolute atomic E-state index is 11.7. The molecule has 0 fully saturated rings. The van der Waals surface area contributed by atoms with Gasteiger partial charge in [0.05, 0.1) is 0 Å². The molecule has 2 atom stereocenters. The van der Waals surface area contributed by atoms with Gasteiger partial charge in [-0.1, -0.05) is 91.3 Å². The summed E-state index contributed by atoms with van der Waals surface area (Å²) in [5.41, 5.74) is 2.07. The summed E-state index contributed by atoms with van der Waals surface area (Å²) in [5, 5.41) is -0.347. The third kappa shape index (κ3) is 9.01. The van der Waals surface area contributed by atoms with Gasteiger partial charge in [-0.05, 0) is 53.8 Å². The number of carbonyl (C=O) groups is 1. The molecule has 0 N–H and O–H groups in total. The second kappa shape index (κ2) is 14.2. The molecule has 2 rings (SSSR count). The molecule has 0 saturated carbocycles. The van der Waals surface area contributed by atoms with Crippen molar-refractivity contribution in [2.24, 2.45) is 5.92 Å². The Bertz CT molecular complexity index is 800. The Kier molecular flexibility index (Phi) is 12.3. The fourth-order valence-electron chi connectivity index (χ4n) is 2.91. The van der Waals surface area contributed by atoms with Crippen LogP contribution in [0.3, 0.4) is 0 Å². The lowest BCUT2D eigenvalue weighted by molar-refractivity contribution is -0.112. The van der Waals surface area contributed by atoms with E-state index in [0.29, 0.717) is 6.61 Å². The van der Waals surface area contributed by atoms with Crippen LogP contribution in [0.4, 0.5) is 0 Å². The van der Waals surface area contributed by atoms with E-state index in [1.807, 2.05) is 87.5 Å². The van der Waals surface area contributed by atoms with Gasteiger partial charge in [-0.25, -0.2) is 0 Å². The summed E-state index contributed by atoms with van der Waals surface area (Å²) in [6.45, 7) is 8.53. The fourth-order valence-corrected chi connectivity index (χ4v) is 3.46. The van der Waals surface area contributed by atoms with Crippen LogP contribution in [0.1, 0.15) is 51.2 Å². The summed E-state index contributed by atoms with van der Waals surface area (Å²) < 4.78 is 7.05. The SMILES string of the molecule is C/C=C\C=C/C(C)C(CC(=O)Cl)c1cc(Br)ccc1OCc1ccccc1.CC. The molecule has 29 heavy (non-hydrogen) atoms. The number of allylic oxidation sites excluding steroid dienone is 4. The van der Waals surface area contributed by atoms with Crippen molar-refractivity contribution in [1.82, 2.24) is 0 Å². The van der Waals surface area contributed by atoms with Crippen LogP contribution in [-0.2, 0) is 11.4 Å². The first-order valence-electron chi connectivity index (χ1n) is 9.95. The Balaban J connectivity index is 0.00000204. The zero-order valence-corrected chi connectivity index (χ0v) is 19.9. The van der Waals surface area contributed by atoms with Gasteiger partial charge in [0.25, 0.3) is 0 Å². The van der Waals surface area contributed by atoms with Crippen molar-refractivity contribution >= 4 is 32.8 Å². The largest absolute Gasteiger partial charge is 0.489 e. The molecule has 2 aromatic rings. The van der Waals surface area contributed by atoms with E-state index >= 15 is 0 Å². The summed E-state index contributed by atoms with van der Waals surface area (Å²) >= 11 is 9.30. The highest BCUT2D eigenvalue weighted by atomic mass is 79.9. The molecule has 0 bridgehead atoms. The topological polar surface area (TPSA) is 26.3 Å². The average molecular weight is 478 g/mol.